The molecule has 1 heterocycles. The van der Waals surface area contributed by atoms with Gasteiger partial charge in [0.25, 0.3) is 0 Å². The van der Waals surface area contributed by atoms with Crippen LogP contribution in [0.5, 0.6) is 0 Å². The SMILES string of the molecule is CCOC(=O)Cn1cc(NC(=O)CCl)c(C)n1. The molecule has 0 saturated carbocycles. The van der Waals surface area contributed by atoms with Crippen LogP contribution >= 0.6 is 11.6 Å². The highest BCUT2D eigenvalue weighted by Crippen LogP contribution is 2.12. The highest BCUT2D eigenvalue weighted by atomic mass is 35.5. The van der Waals surface area contributed by atoms with Crippen LogP contribution in [0, 0.1) is 6.92 Å². The van der Waals surface area contributed by atoms with Crippen LogP contribution in [-0.4, -0.2) is 34.1 Å². The van der Waals surface area contributed by atoms with E-state index in [1.54, 1.807) is 20.0 Å². The van der Waals surface area contributed by atoms with Crippen molar-refractivity contribution in [3.8, 4) is 0 Å². The molecule has 1 aromatic heterocycles. The van der Waals surface area contributed by atoms with Gasteiger partial charge in [-0.2, -0.15) is 5.10 Å². The van der Waals surface area contributed by atoms with Gasteiger partial charge in [0.15, 0.2) is 0 Å². The molecule has 6 nitrogen and oxygen atoms in total. The van der Waals surface area contributed by atoms with Gasteiger partial charge in [0.05, 0.1) is 18.0 Å². The first-order valence-electron chi connectivity index (χ1n) is 5.12. The molecule has 0 saturated heterocycles. The van der Waals surface area contributed by atoms with E-state index in [9.17, 15) is 9.59 Å². The number of esters is 1. The topological polar surface area (TPSA) is 73.2 Å². The van der Waals surface area contributed by atoms with Crippen molar-refractivity contribution in [2.24, 2.45) is 0 Å². The summed E-state index contributed by atoms with van der Waals surface area (Å²) in [5, 5.41) is 6.66. The number of carbonyl (C=O) groups excluding carboxylic acids is 2. The Morgan fingerprint density at radius 2 is 2.29 bits per heavy atom. The number of alkyl halides is 1. The molecule has 7 heteroatoms. The van der Waals surface area contributed by atoms with E-state index in [4.69, 9.17) is 16.3 Å². The summed E-state index contributed by atoms with van der Waals surface area (Å²) in [6.45, 7) is 3.81. The van der Waals surface area contributed by atoms with Crippen LogP contribution < -0.4 is 5.32 Å². The predicted octanol–water partition coefficient (Wildman–Crippen LogP) is 0.932. The number of ether oxygens (including phenoxy) is 1. The number of anilines is 1. The molecule has 1 amide bonds. The Morgan fingerprint density at radius 3 is 2.88 bits per heavy atom. The summed E-state index contributed by atoms with van der Waals surface area (Å²) in [5.74, 6) is -0.807. The van der Waals surface area contributed by atoms with Crippen LogP contribution in [0.15, 0.2) is 6.20 Å². The molecule has 0 aromatic carbocycles. The molecule has 0 spiro atoms. The van der Waals surface area contributed by atoms with Gasteiger partial charge in [-0.15, -0.1) is 11.6 Å². The Hall–Kier alpha value is -1.56. The van der Waals surface area contributed by atoms with Gasteiger partial charge < -0.3 is 10.1 Å². The average Bonchev–Trinajstić information content (AvgIpc) is 2.59. The molecule has 0 fully saturated rings. The lowest BCUT2D eigenvalue weighted by molar-refractivity contribution is -0.144. The van der Waals surface area contributed by atoms with Gasteiger partial charge in [-0.25, -0.2) is 0 Å². The second-order valence-corrected chi connectivity index (χ2v) is 3.58. The number of hydrogen-bond acceptors (Lipinski definition) is 4. The lowest BCUT2D eigenvalue weighted by atomic mass is 10.4. The number of nitrogens with one attached hydrogen (secondary N) is 1. The molecular weight excluding hydrogens is 246 g/mol. The standard InChI is InChI=1S/C10H14ClN3O3/c1-3-17-10(16)6-14-5-8(7(2)13-14)12-9(15)4-11/h5H,3-4,6H2,1-2H3,(H,12,15). The Kier molecular flexibility index (Phi) is 4.96. The van der Waals surface area contributed by atoms with Crippen molar-refractivity contribution in [3.63, 3.8) is 0 Å². The maximum absolute atomic E-state index is 11.2. The Labute approximate surface area is 104 Å². The van der Waals surface area contributed by atoms with E-state index >= 15 is 0 Å². The van der Waals surface area contributed by atoms with Crippen molar-refractivity contribution in [1.82, 2.24) is 9.78 Å². The quantitative estimate of drug-likeness (QED) is 0.631. The van der Waals surface area contributed by atoms with Gasteiger partial charge >= 0.3 is 5.97 Å². The maximum atomic E-state index is 11.2. The van der Waals surface area contributed by atoms with Gasteiger partial charge in [0.2, 0.25) is 5.91 Å². The first kappa shape index (κ1) is 13.5. The summed E-state index contributed by atoms with van der Waals surface area (Å²) in [4.78, 5) is 22.3. The van der Waals surface area contributed by atoms with Crippen molar-refractivity contribution in [3.05, 3.63) is 11.9 Å². The number of halogens is 1. The molecule has 0 bridgehead atoms. The van der Waals surface area contributed by atoms with E-state index in [0.717, 1.165) is 0 Å². The van der Waals surface area contributed by atoms with Gasteiger partial charge in [0.1, 0.15) is 12.4 Å². The molecule has 1 N–H and O–H groups in total. The fourth-order valence-corrected chi connectivity index (χ4v) is 1.31. The fourth-order valence-electron chi connectivity index (χ4n) is 1.24. The monoisotopic (exact) mass is 259 g/mol. The van der Waals surface area contributed by atoms with Gasteiger partial charge in [-0.3, -0.25) is 14.3 Å². The molecular formula is C10H14ClN3O3. The van der Waals surface area contributed by atoms with Crippen LogP contribution in [0.4, 0.5) is 5.69 Å². The molecule has 0 aliphatic heterocycles. The number of aryl methyl sites for hydroxylation is 1. The van der Waals surface area contributed by atoms with E-state index in [0.29, 0.717) is 18.0 Å². The Balaban J connectivity index is 2.67. The Bertz CT molecular complexity index is 417. The summed E-state index contributed by atoms with van der Waals surface area (Å²) >= 11 is 5.37. The third-order valence-corrected chi connectivity index (χ3v) is 2.18. The minimum atomic E-state index is -0.370. The number of amides is 1. The minimum absolute atomic E-state index is 0.0193. The Morgan fingerprint density at radius 1 is 1.59 bits per heavy atom. The number of nitrogens with zero attached hydrogens (tertiary/aromatic N) is 2. The van der Waals surface area contributed by atoms with Crippen molar-refractivity contribution >= 4 is 29.2 Å². The zero-order valence-electron chi connectivity index (χ0n) is 9.70. The molecule has 0 unspecified atom stereocenters. The van der Waals surface area contributed by atoms with Crippen LogP contribution in [0.2, 0.25) is 0 Å². The van der Waals surface area contributed by atoms with E-state index in [-0.39, 0.29) is 24.3 Å². The lowest BCUT2D eigenvalue weighted by Crippen LogP contribution is -2.14. The smallest absolute Gasteiger partial charge is 0.327 e. The van der Waals surface area contributed by atoms with E-state index in [1.807, 2.05) is 0 Å². The van der Waals surface area contributed by atoms with Crippen LogP contribution in [0.1, 0.15) is 12.6 Å². The summed E-state index contributed by atoms with van der Waals surface area (Å²) in [6.07, 6.45) is 1.57. The van der Waals surface area contributed by atoms with Crippen molar-refractivity contribution < 1.29 is 14.3 Å². The van der Waals surface area contributed by atoms with Crippen LogP contribution in [-0.2, 0) is 20.9 Å². The number of carbonyl (C=O) groups is 2. The number of aromatic nitrogens is 2. The molecule has 1 rings (SSSR count). The first-order chi connectivity index (χ1) is 8.06. The third-order valence-electron chi connectivity index (χ3n) is 1.94. The first-order valence-corrected chi connectivity index (χ1v) is 5.65. The van der Waals surface area contributed by atoms with Gasteiger partial charge in [-0.05, 0) is 13.8 Å². The van der Waals surface area contributed by atoms with Crippen LogP contribution in [0.25, 0.3) is 0 Å². The van der Waals surface area contributed by atoms with Gasteiger partial charge in [-0.1, -0.05) is 0 Å². The van der Waals surface area contributed by atoms with Crippen LogP contribution in [0.3, 0.4) is 0 Å². The number of hydrogen-bond donors (Lipinski definition) is 1. The fraction of sp³-hybridized carbons (Fsp3) is 0.500. The van der Waals surface area contributed by atoms with E-state index in [2.05, 4.69) is 10.4 Å². The van der Waals surface area contributed by atoms with Crippen molar-refractivity contribution in [2.45, 2.75) is 20.4 Å². The molecule has 94 valence electrons. The summed E-state index contributed by atoms with van der Waals surface area (Å²) in [7, 11) is 0. The molecule has 0 aliphatic rings. The van der Waals surface area contributed by atoms with Crippen molar-refractivity contribution in [2.75, 3.05) is 17.8 Å². The van der Waals surface area contributed by atoms with Gasteiger partial charge in [0, 0.05) is 6.20 Å². The maximum Gasteiger partial charge on any atom is 0.327 e. The van der Waals surface area contributed by atoms with E-state index < -0.39 is 0 Å². The van der Waals surface area contributed by atoms with E-state index in [1.165, 1.54) is 4.68 Å². The highest BCUT2D eigenvalue weighted by Gasteiger charge is 2.10. The molecule has 0 aliphatic carbocycles. The highest BCUT2D eigenvalue weighted by molar-refractivity contribution is 6.29. The predicted molar refractivity (Wildman–Crippen MR) is 62.9 cm³/mol. The normalized spacial score (nSPS) is 10.1. The van der Waals surface area contributed by atoms with Crippen molar-refractivity contribution in [1.29, 1.82) is 0 Å². The molecule has 1 aromatic rings. The second kappa shape index (κ2) is 6.24. The summed E-state index contributed by atoms with van der Waals surface area (Å²) in [5.41, 5.74) is 1.16. The third kappa shape index (κ3) is 4.07. The number of rotatable bonds is 5. The zero-order chi connectivity index (χ0) is 12.8. The molecule has 17 heavy (non-hydrogen) atoms. The minimum Gasteiger partial charge on any atom is -0.465 e. The molecule has 0 radical (unpaired) electrons. The average molecular weight is 260 g/mol. The summed E-state index contributed by atoms with van der Waals surface area (Å²) in [6, 6.07) is 0. The zero-order valence-corrected chi connectivity index (χ0v) is 10.5. The summed E-state index contributed by atoms with van der Waals surface area (Å²) < 4.78 is 6.20. The molecule has 0 atom stereocenters. The second-order valence-electron chi connectivity index (χ2n) is 3.31. The largest absolute Gasteiger partial charge is 0.465 e. The lowest BCUT2D eigenvalue weighted by Gasteiger charge is -2.01.